The van der Waals surface area contributed by atoms with Gasteiger partial charge in [0.05, 0.1) is 17.8 Å². The quantitative estimate of drug-likeness (QED) is 0.863. The molecule has 1 N–H and O–H groups in total. The molecular weight excluding hydrogens is 285 g/mol. The standard InChI is InChI=1S/C13H13Cl2N3O/c1-3-12-17-11(15)7-13(18-12)16-10-6-8(19-2)4-5-9(10)14/h4-7H,3H2,1-2H3,(H,16,17,18). The van der Waals surface area contributed by atoms with Crippen molar-refractivity contribution in [1.29, 1.82) is 0 Å². The molecular formula is C13H13Cl2N3O. The van der Waals surface area contributed by atoms with E-state index in [2.05, 4.69) is 15.3 Å². The summed E-state index contributed by atoms with van der Waals surface area (Å²) in [5.41, 5.74) is 0.706. The lowest BCUT2D eigenvalue weighted by Gasteiger charge is -2.10. The normalized spacial score (nSPS) is 10.3. The lowest BCUT2D eigenvalue weighted by atomic mass is 10.3. The molecule has 0 aliphatic carbocycles. The highest BCUT2D eigenvalue weighted by molar-refractivity contribution is 6.33. The molecule has 0 fully saturated rings. The first-order valence-electron chi connectivity index (χ1n) is 5.76. The predicted octanol–water partition coefficient (Wildman–Crippen LogP) is 4.10. The number of methoxy groups -OCH3 is 1. The number of nitrogens with one attached hydrogen (secondary N) is 1. The van der Waals surface area contributed by atoms with Gasteiger partial charge < -0.3 is 10.1 Å². The van der Waals surface area contributed by atoms with Gasteiger partial charge >= 0.3 is 0 Å². The highest BCUT2D eigenvalue weighted by Crippen LogP contribution is 2.29. The number of aromatic nitrogens is 2. The number of aryl methyl sites for hydroxylation is 1. The Labute approximate surface area is 121 Å². The first-order valence-corrected chi connectivity index (χ1v) is 6.52. The maximum Gasteiger partial charge on any atom is 0.135 e. The van der Waals surface area contributed by atoms with Crippen LogP contribution in [0.5, 0.6) is 5.75 Å². The molecule has 0 aliphatic heterocycles. The Morgan fingerprint density at radius 1 is 1.21 bits per heavy atom. The number of halogens is 2. The fourth-order valence-corrected chi connectivity index (χ4v) is 1.92. The lowest BCUT2D eigenvalue weighted by molar-refractivity contribution is 0.415. The van der Waals surface area contributed by atoms with Crippen molar-refractivity contribution in [3.05, 3.63) is 40.3 Å². The SMILES string of the molecule is CCc1nc(Cl)cc(Nc2cc(OC)ccc2Cl)n1. The van der Waals surface area contributed by atoms with Crippen molar-refractivity contribution < 1.29 is 4.74 Å². The lowest BCUT2D eigenvalue weighted by Crippen LogP contribution is -2.00. The zero-order valence-electron chi connectivity index (χ0n) is 10.6. The molecule has 2 aromatic rings. The Morgan fingerprint density at radius 2 is 2.00 bits per heavy atom. The van der Waals surface area contributed by atoms with Crippen LogP contribution in [0.15, 0.2) is 24.3 Å². The van der Waals surface area contributed by atoms with E-state index in [1.165, 1.54) is 0 Å². The molecule has 1 aromatic carbocycles. The van der Waals surface area contributed by atoms with Crippen LogP contribution in [0.4, 0.5) is 11.5 Å². The van der Waals surface area contributed by atoms with E-state index >= 15 is 0 Å². The van der Waals surface area contributed by atoms with Crippen LogP contribution in [0.2, 0.25) is 10.2 Å². The average molecular weight is 298 g/mol. The summed E-state index contributed by atoms with van der Waals surface area (Å²) in [7, 11) is 1.60. The largest absolute Gasteiger partial charge is 0.497 e. The van der Waals surface area contributed by atoms with Gasteiger partial charge in [-0.05, 0) is 12.1 Å². The van der Waals surface area contributed by atoms with Gasteiger partial charge in [-0.2, -0.15) is 0 Å². The van der Waals surface area contributed by atoms with Gasteiger partial charge in [0.25, 0.3) is 0 Å². The minimum Gasteiger partial charge on any atom is -0.497 e. The monoisotopic (exact) mass is 297 g/mol. The molecule has 1 heterocycles. The Hall–Kier alpha value is -1.52. The fraction of sp³-hybridized carbons (Fsp3) is 0.231. The Morgan fingerprint density at radius 3 is 2.68 bits per heavy atom. The molecule has 19 heavy (non-hydrogen) atoms. The Balaban J connectivity index is 2.32. The van der Waals surface area contributed by atoms with Crippen LogP contribution < -0.4 is 10.1 Å². The Bertz CT molecular complexity index is 590. The van der Waals surface area contributed by atoms with Gasteiger partial charge in [-0.25, -0.2) is 9.97 Å². The molecule has 0 atom stereocenters. The number of hydrogen-bond donors (Lipinski definition) is 1. The molecule has 0 saturated heterocycles. The topological polar surface area (TPSA) is 47.0 Å². The van der Waals surface area contributed by atoms with Crippen LogP contribution in [0, 0.1) is 0 Å². The van der Waals surface area contributed by atoms with E-state index < -0.39 is 0 Å². The second kappa shape index (κ2) is 6.08. The molecule has 0 radical (unpaired) electrons. The number of hydrogen-bond acceptors (Lipinski definition) is 4. The third-order valence-corrected chi connectivity index (χ3v) is 3.02. The van der Waals surface area contributed by atoms with E-state index in [1.807, 2.05) is 6.92 Å². The zero-order chi connectivity index (χ0) is 13.8. The predicted molar refractivity (Wildman–Crippen MR) is 77.7 cm³/mol. The zero-order valence-corrected chi connectivity index (χ0v) is 12.1. The molecule has 0 amide bonds. The summed E-state index contributed by atoms with van der Waals surface area (Å²) in [5.74, 6) is 1.99. The highest BCUT2D eigenvalue weighted by Gasteiger charge is 2.06. The van der Waals surface area contributed by atoms with Crippen molar-refractivity contribution in [2.45, 2.75) is 13.3 Å². The van der Waals surface area contributed by atoms with E-state index in [0.717, 1.165) is 0 Å². The van der Waals surface area contributed by atoms with Gasteiger partial charge in [-0.1, -0.05) is 30.1 Å². The van der Waals surface area contributed by atoms with E-state index in [4.69, 9.17) is 27.9 Å². The molecule has 0 bridgehead atoms. The second-order valence-electron chi connectivity index (χ2n) is 3.82. The molecule has 0 aliphatic rings. The molecule has 1 aromatic heterocycles. The van der Waals surface area contributed by atoms with Gasteiger partial charge in [0.15, 0.2) is 0 Å². The van der Waals surface area contributed by atoms with Crippen molar-refractivity contribution in [3.8, 4) is 5.75 Å². The van der Waals surface area contributed by atoms with Crippen molar-refractivity contribution in [3.63, 3.8) is 0 Å². The van der Waals surface area contributed by atoms with Crippen LogP contribution in [0.1, 0.15) is 12.7 Å². The van der Waals surface area contributed by atoms with E-state index in [0.29, 0.717) is 39.7 Å². The summed E-state index contributed by atoms with van der Waals surface area (Å²) in [4.78, 5) is 8.44. The summed E-state index contributed by atoms with van der Waals surface area (Å²) >= 11 is 12.1. The summed E-state index contributed by atoms with van der Waals surface area (Å²) in [6.07, 6.45) is 0.709. The third-order valence-electron chi connectivity index (χ3n) is 2.49. The molecule has 4 nitrogen and oxygen atoms in total. The molecule has 6 heteroatoms. The van der Waals surface area contributed by atoms with Gasteiger partial charge in [0.1, 0.15) is 22.5 Å². The van der Waals surface area contributed by atoms with Crippen LogP contribution >= 0.6 is 23.2 Å². The maximum atomic E-state index is 6.12. The van der Waals surface area contributed by atoms with Crippen LogP contribution in [0.25, 0.3) is 0 Å². The molecule has 100 valence electrons. The van der Waals surface area contributed by atoms with Gasteiger partial charge in [-0.15, -0.1) is 0 Å². The number of nitrogens with zero attached hydrogens (tertiary/aromatic N) is 2. The fourth-order valence-electron chi connectivity index (χ4n) is 1.55. The van der Waals surface area contributed by atoms with Gasteiger partial charge in [-0.3, -0.25) is 0 Å². The first kappa shape index (κ1) is 13.9. The summed E-state index contributed by atoms with van der Waals surface area (Å²) in [6, 6.07) is 6.99. The second-order valence-corrected chi connectivity index (χ2v) is 4.61. The number of anilines is 2. The van der Waals surface area contributed by atoms with Crippen LogP contribution in [0.3, 0.4) is 0 Å². The van der Waals surface area contributed by atoms with Crippen LogP contribution in [-0.4, -0.2) is 17.1 Å². The Kier molecular flexibility index (Phi) is 4.45. The molecule has 0 spiro atoms. The first-order chi connectivity index (χ1) is 9.12. The van der Waals surface area contributed by atoms with E-state index in [-0.39, 0.29) is 0 Å². The number of rotatable bonds is 4. The molecule has 0 unspecified atom stereocenters. The van der Waals surface area contributed by atoms with E-state index in [1.54, 1.807) is 31.4 Å². The van der Waals surface area contributed by atoms with Crippen molar-refractivity contribution in [1.82, 2.24) is 9.97 Å². The smallest absolute Gasteiger partial charge is 0.135 e. The minimum absolute atomic E-state index is 0.397. The summed E-state index contributed by atoms with van der Waals surface area (Å²) < 4.78 is 5.16. The van der Waals surface area contributed by atoms with Crippen molar-refractivity contribution in [2.75, 3.05) is 12.4 Å². The average Bonchev–Trinajstić information content (AvgIpc) is 2.40. The third kappa shape index (κ3) is 3.49. The highest BCUT2D eigenvalue weighted by atomic mass is 35.5. The summed E-state index contributed by atoms with van der Waals surface area (Å²) in [5, 5.41) is 4.09. The van der Waals surface area contributed by atoms with E-state index in [9.17, 15) is 0 Å². The minimum atomic E-state index is 0.397. The van der Waals surface area contributed by atoms with Crippen molar-refractivity contribution in [2.24, 2.45) is 0 Å². The van der Waals surface area contributed by atoms with Gasteiger partial charge in [0.2, 0.25) is 0 Å². The maximum absolute atomic E-state index is 6.12. The summed E-state index contributed by atoms with van der Waals surface area (Å²) in [6.45, 7) is 1.97. The molecule has 0 saturated carbocycles. The van der Waals surface area contributed by atoms with Gasteiger partial charge in [0, 0.05) is 18.6 Å². The number of ether oxygens (including phenoxy) is 1. The van der Waals surface area contributed by atoms with Crippen LogP contribution in [-0.2, 0) is 6.42 Å². The van der Waals surface area contributed by atoms with Crippen molar-refractivity contribution >= 4 is 34.7 Å². The molecule has 2 rings (SSSR count). The number of benzene rings is 1.